The Morgan fingerprint density at radius 3 is 2.76 bits per heavy atom. The lowest BCUT2D eigenvalue weighted by atomic mass is 9.79. The molecule has 0 unspecified atom stereocenters. The van der Waals surface area contributed by atoms with Gasteiger partial charge in [0, 0.05) is 37.9 Å². The first-order valence-corrected chi connectivity index (χ1v) is 10.7. The van der Waals surface area contributed by atoms with E-state index in [1.165, 1.54) is 0 Å². The minimum atomic E-state index is -0.542. The number of benzene rings is 1. The predicted molar refractivity (Wildman–Crippen MR) is 113 cm³/mol. The fourth-order valence-corrected chi connectivity index (χ4v) is 4.22. The van der Waals surface area contributed by atoms with E-state index in [2.05, 4.69) is 28.5 Å². The van der Waals surface area contributed by atoms with Gasteiger partial charge in [-0.2, -0.15) is 0 Å². The van der Waals surface area contributed by atoms with Crippen molar-refractivity contribution in [2.45, 2.75) is 51.5 Å². The molecule has 5 heteroatoms. The molecule has 1 aliphatic carbocycles. The maximum atomic E-state index is 13.2. The molecule has 2 heterocycles. The Balaban J connectivity index is 1.57. The summed E-state index contributed by atoms with van der Waals surface area (Å²) in [7, 11) is 0. The monoisotopic (exact) mass is 391 g/mol. The van der Waals surface area contributed by atoms with Crippen molar-refractivity contribution in [3.05, 3.63) is 54.4 Å². The van der Waals surface area contributed by atoms with Gasteiger partial charge in [-0.15, -0.1) is 0 Å². The third-order valence-corrected chi connectivity index (χ3v) is 6.03. The van der Waals surface area contributed by atoms with Gasteiger partial charge in [-0.05, 0) is 54.9 Å². The minimum absolute atomic E-state index is 0.110. The van der Waals surface area contributed by atoms with Crippen LogP contribution in [0.15, 0.2) is 48.8 Å². The highest BCUT2D eigenvalue weighted by molar-refractivity contribution is 5.86. The van der Waals surface area contributed by atoms with Gasteiger partial charge in [0.15, 0.2) is 0 Å². The first-order chi connectivity index (χ1) is 14.1. The quantitative estimate of drug-likeness (QED) is 0.785. The van der Waals surface area contributed by atoms with Gasteiger partial charge in [-0.3, -0.25) is 14.6 Å². The second-order valence-corrected chi connectivity index (χ2v) is 8.46. The van der Waals surface area contributed by atoms with Gasteiger partial charge in [-0.25, -0.2) is 0 Å². The Morgan fingerprint density at radius 2 is 2.03 bits per heavy atom. The van der Waals surface area contributed by atoms with Crippen LogP contribution in [-0.4, -0.2) is 40.8 Å². The van der Waals surface area contributed by atoms with Crippen molar-refractivity contribution in [1.82, 2.24) is 15.2 Å². The topological polar surface area (TPSA) is 62.3 Å². The number of hydrogen-bond acceptors (Lipinski definition) is 3. The van der Waals surface area contributed by atoms with Crippen LogP contribution >= 0.6 is 0 Å². The smallest absolute Gasteiger partial charge is 0.228 e. The molecule has 5 nitrogen and oxygen atoms in total. The summed E-state index contributed by atoms with van der Waals surface area (Å²) in [6.45, 7) is 3.20. The molecule has 0 radical (unpaired) electrons. The average molecular weight is 392 g/mol. The van der Waals surface area contributed by atoms with Crippen molar-refractivity contribution in [3.63, 3.8) is 0 Å². The molecule has 4 rings (SSSR count). The molecule has 2 aliphatic rings. The zero-order valence-electron chi connectivity index (χ0n) is 17.1. The van der Waals surface area contributed by atoms with E-state index in [-0.39, 0.29) is 11.8 Å². The molecule has 1 N–H and O–H groups in total. The SMILES string of the molecule is CCCC(=O)N1CC[C@@](Cc2cccc(-c3cccnc3)c2)(C(=O)NC2CC2)C1. The minimum Gasteiger partial charge on any atom is -0.353 e. The zero-order chi connectivity index (χ0) is 20.3. The van der Waals surface area contributed by atoms with E-state index in [1.807, 2.05) is 36.2 Å². The van der Waals surface area contributed by atoms with E-state index in [9.17, 15) is 9.59 Å². The third kappa shape index (κ3) is 4.50. The molecule has 29 heavy (non-hydrogen) atoms. The maximum absolute atomic E-state index is 13.2. The fraction of sp³-hybridized carbons (Fsp3) is 0.458. The van der Waals surface area contributed by atoms with Crippen molar-refractivity contribution in [2.75, 3.05) is 13.1 Å². The Bertz CT molecular complexity index is 879. The molecular formula is C24H29N3O2. The number of pyridine rings is 1. The Labute approximate surface area is 172 Å². The van der Waals surface area contributed by atoms with Crippen LogP contribution in [0.2, 0.25) is 0 Å². The summed E-state index contributed by atoms with van der Waals surface area (Å²) in [4.78, 5) is 31.8. The molecule has 1 atom stereocenters. The van der Waals surface area contributed by atoms with E-state index in [0.29, 0.717) is 32.0 Å². The summed E-state index contributed by atoms with van der Waals surface area (Å²) in [5.74, 6) is 0.274. The molecule has 1 aliphatic heterocycles. The summed E-state index contributed by atoms with van der Waals surface area (Å²) in [5.41, 5.74) is 2.75. The lowest BCUT2D eigenvalue weighted by Crippen LogP contribution is -2.46. The second-order valence-electron chi connectivity index (χ2n) is 8.46. The van der Waals surface area contributed by atoms with Gasteiger partial charge in [0.05, 0.1) is 5.41 Å². The molecule has 1 aromatic heterocycles. The number of likely N-dealkylation sites (tertiary alicyclic amines) is 1. The van der Waals surface area contributed by atoms with Crippen molar-refractivity contribution in [1.29, 1.82) is 0 Å². The molecule has 2 amide bonds. The molecule has 1 saturated carbocycles. The van der Waals surface area contributed by atoms with Crippen LogP contribution in [0.4, 0.5) is 0 Å². The fourth-order valence-electron chi connectivity index (χ4n) is 4.22. The molecule has 1 aromatic carbocycles. The van der Waals surface area contributed by atoms with Crippen molar-refractivity contribution < 1.29 is 9.59 Å². The van der Waals surface area contributed by atoms with Crippen LogP contribution in [0.5, 0.6) is 0 Å². The largest absolute Gasteiger partial charge is 0.353 e. The standard InChI is InChI=1S/C24H29N3O2/c1-2-5-22(28)27-13-11-24(17-27,23(29)26-21-9-10-21)15-18-6-3-7-19(14-18)20-8-4-12-25-16-20/h3-4,6-8,12,14,16,21H,2,5,9-11,13,15,17H2,1H3,(H,26,29)/t24-/m0/s1. The number of aromatic nitrogens is 1. The number of hydrogen-bond donors (Lipinski definition) is 1. The second kappa shape index (κ2) is 8.36. The Kier molecular flexibility index (Phi) is 5.65. The van der Waals surface area contributed by atoms with Crippen molar-refractivity contribution in [3.8, 4) is 11.1 Å². The zero-order valence-corrected chi connectivity index (χ0v) is 17.1. The van der Waals surface area contributed by atoms with Gasteiger partial charge < -0.3 is 10.2 Å². The molecule has 1 saturated heterocycles. The van der Waals surface area contributed by atoms with Crippen LogP contribution in [0.1, 0.15) is 44.6 Å². The van der Waals surface area contributed by atoms with Gasteiger partial charge in [0.25, 0.3) is 0 Å². The molecule has 0 spiro atoms. The summed E-state index contributed by atoms with van der Waals surface area (Å²) in [6.07, 6.45) is 8.52. The highest BCUT2D eigenvalue weighted by Gasteiger charge is 2.47. The summed E-state index contributed by atoms with van der Waals surface area (Å²) < 4.78 is 0. The third-order valence-electron chi connectivity index (χ3n) is 6.03. The molecular weight excluding hydrogens is 362 g/mol. The van der Waals surface area contributed by atoms with Gasteiger partial charge in [0.2, 0.25) is 11.8 Å². The number of amides is 2. The number of carbonyl (C=O) groups is 2. The van der Waals surface area contributed by atoms with Gasteiger partial charge >= 0.3 is 0 Å². The van der Waals surface area contributed by atoms with Crippen molar-refractivity contribution >= 4 is 11.8 Å². The first-order valence-electron chi connectivity index (χ1n) is 10.7. The molecule has 0 bridgehead atoms. The predicted octanol–water partition coefficient (Wildman–Crippen LogP) is 3.59. The lowest BCUT2D eigenvalue weighted by Gasteiger charge is -2.29. The van der Waals surface area contributed by atoms with E-state index in [0.717, 1.165) is 42.4 Å². The Morgan fingerprint density at radius 1 is 1.21 bits per heavy atom. The number of nitrogens with one attached hydrogen (secondary N) is 1. The number of nitrogens with zero attached hydrogens (tertiary/aromatic N) is 2. The van der Waals surface area contributed by atoms with Crippen LogP contribution in [-0.2, 0) is 16.0 Å². The van der Waals surface area contributed by atoms with Gasteiger partial charge in [-0.1, -0.05) is 37.3 Å². The molecule has 2 aromatic rings. The van der Waals surface area contributed by atoms with Crippen LogP contribution in [0, 0.1) is 5.41 Å². The van der Waals surface area contributed by atoms with E-state index in [1.54, 1.807) is 6.20 Å². The van der Waals surface area contributed by atoms with Crippen LogP contribution < -0.4 is 5.32 Å². The molecule has 2 fully saturated rings. The highest BCUT2D eigenvalue weighted by Crippen LogP contribution is 2.37. The van der Waals surface area contributed by atoms with Crippen LogP contribution in [0.25, 0.3) is 11.1 Å². The maximum Gasteiger partial charge on any atom is 0.228 e. The van der Waals surface area contributed by atoms with E-state index >= 15 is 0 Å². The highest BCUT2D eigenvalue weighted by atomic mass is 16.2. The first kappa shape index (κ1) is 19.6. The van der Waals surface area contributed by atoms with Crippen molar-refractivity contribution in [2.24, 2.45) is 5.41 Å². The lowest BCUT2D eigenvalue weighted by molar-refractivity contribution is -0.133. The summed E-state index contributed by atoms with van der Waals surface area (Å²) in [6, 6.07) is 12.6. The molecule has 152 valence electrons. The average Bonchev–Trinajstić information content (AvgIpc) is 3.45. The number of carbonyl (C=O) groups excluding carboxylic acids is 2. The summed E-state index contributed by atoms with van der Waals surface area (Å²) in [5, 5.41) is 3.21. The van der Waals surface area contributed by atoms with Crippen LogP contribution in [0.3, 0.4) is 0 Å². The Hall–Kier alpha value is -2.69. The van der Waals surface area contributed by atoms with E-state index in [4.69, 9.17) is 0 Å². The summed E-state index contributed by atoms with van der Waals surface area (Å²) >= 11 is 0. The van der Waals surface area contributed by atoms with Gasteiger partial charge in [0.1, 0.15) is 0 Å². The van der Waals surface area contributed by atoms with E-state index < -0.39 is 5.41 Å². The normalized spacial score (nSPS) is 21.2. The number of rotatable bonds is 7.